The van der Waals surface area contributed by atoms with Crippen molar-refractivity contribution in [2.24, 2.45) is 0 Å². The second-order valence-corrected chi connectivity index (χ2v) is 5.38. The zero-order valence-electron chi connectivity index (χ0n) is 10.4. The normalized spacial score (nSPS) is 11.1. The van der Waals surface area contributed by atoms with E-state index in [1.165, 1.54) is 0 Å². The molecule has 3 rings (SSSR count). The molecular formula is C14H12BrN3O. The van der Waals surface area contributed by atoms with Gasteiger partial charge in [-0.2, -0.15) is 0 Å². The van der Waals surface area contributed by atoms with Gasteiger partial charge >= 0.3 is 0 Å². The molecule has 96 valence electrons. The van der Waals surface area contributed by atoms with Crippen LogP contribution in [0.3, 0.4) is 0 Å². The van der Waals surface area contributed by atoms with Crippen LogP contribution in [-0.2, 0) is 6.54 Å². The fraction of sp³-hybridized carbons (Fsp3) is 0.143. The first-order valence-corrected chi connectivity index (χ1v) is 6.72. The van der Waals surface area contributed by atoms with E-state index in [1.54, 1.807) is 10.8 Å². The van der Waals surface area contributed by atoms with Crippen LogP contribution in [0.5, 0.6) is 0 Å². The van der Waals surface area contributed by atoms with Crippen LogP contribution < -0.4 is 5.56 Å². The van der Waals surface area contributed by atoms with Crippen molar-refractivity contribution in [2.45, 2.75) is 13.5 Å². The number of hydrogen-bond donors (Lipinski definition) is 0. The summed E-state index contributed by atoms with van der Waals surface area (Å²) in [5.74, 6) is 0. The predicted octanol–water partition coefficient (Wildman–Crippen LogP) is 2.62. The van der Waals surface area contributed by atoms with Gasteiger partial charge in [-0.15, -0.1) is 0 Å². The molecule has 3 aromatic heterocycles. The lowest BCUT2D eigenvalue weighted by atomic mass is 10.3. The lowest BCUT2D eigenvalue weighted by Crippen LogP contribution is -2.21. The van der Waals surface area contributed by atoms with Crippen LogP contribution in [-0.4, -0.2) is 14.0 Å². The van der Waals surface area contributed by atoms with Crippen LogP contribution in [0.1, 0.15) is 11.3 Å². The molecule has 0 atom stereocenters. The maximum Gasteiger partial charge on any atom is 0.253 e. The Morgan fingerprint density at radius 3 is 2.95 bits per heavy atom. The van der Waals surface area contributed by atoms with E-state index in [-0.39, 0.29) is 5.56 Å². The molecule has 3 aromatic rings. The van der Waals surface area contributed by atoms with Gasteiger partial charge in [0.2, 0.25) is 0 Å². The lowest BCUT2D eigenvalue weighted by molar-refractivity contribution is 0.738. The van der Waals surface area contributed by atoms with Crippen molar-refractivity contribution in [3.63, 3.8) is 0 Å². The van der Waals surface area contributed by atoms with Crippen LogP contribution in [0.15, 0.2) is 52.1 Å². The van der Waals surface area contributed by atoms with E-state index >= 15 is 0 Å². The highest BCUT2D eigenvalue weighted by Gasteiger charge is 2.05. The molecule has 0 fully saturated rings. The van der Waals surface area contributed by atoms with Crippen LogP contribution in [0.4, 0.5) is 0 Å². The summed E-state index contributed by atoms with van der Waals surface area (Å²) in [6.45, 7) is 2.30. The van der Waals surface area contributed by atoms with Crippen molar-refractivity contribution in [2.75, 3.05) is 0 Å². The fourth-order valence-electron chi connectivity index (χ4n) is 2.05. The summed E-state index contributed by atoms with van der Waals surface area (Å²) in [7, 11) is 0. The van der Waals surface area contributed by atoms with Crippen molar-refractivity contribution >= 4 is 21.6 Å². The average molecular weight is 318 g/mol. The Kier molecular flexibility index (Phi) is 2.98. The molecule has 0 bridgehead atoms. The minimum absolute atomic E-state index is 0.0285. The molecule has 0 radical (unpaired) electrons. The zero-order valence-corrected chi connectivity index (χ0v) is 12.0. The smallest absolute Gasteiger partial charge is 0.253 e. The molecule has 4 nitrogen and oxygen atoms in total. The lowest BCUT2D eigenvalue weighted by Gasteiger charge is -2.03. The van der Waals surface area contributed by atoms with E-state index in [0.29, 0.717) is 6.54 Å². The number of aromatic nitrogens is 3. The van der Waals surface area contributed by atoms with Gasteiger partial charge in [0.25, 0.3) is 5.56 Å². The monoisotopic (exact) mass is 317 g/mol. The molecule has 0 unspecified atom stereocenters. The van der Waals surface area contributed by atoms with E-state index in [9.17, 15) is 4.79 Å². The molecule has 0 amide bonds. The summed E-state index contributed by atoms with van der Waals surface area (Å²) in [5.41, 5.74) is 2.51. The van der Waals surface area contributed by atoms with Gasteiger partial charge in [-0.3, -0.25) is 4.79 Å². The van der Waals surface area contributed by atoms with Crippen molar-refractivity contribution < 1.29 is 0 Å². The third kappa shape index (κ3) is 2.33. The predicted molar refractivity (Wildman–Crippen MR) is 77.4 cm³/mol. The number of pyridine rings is 2. The van der Waals surface area contributed by atoms with Gasteiger partial charge in [0.05, 0.1) is 12.2 Å². The number of imidazole rings is 1. The fourth-order valence-corrected chi connectivity index (χ4v) is 2.40. The minimum atomic E-state index is 0.0285. The Balaban J connectivity index is 2.01. The molecule has 19 heavy (non-hydrogen) atoms. The topological polar surface area (TPSA) is 39.3 Å². The molecule has 0 N–H and O–H groups in total. The first-order valence-electron chi connectivity index (χ1n) is 5.93. The third-order valence-corrected chi connectivity index (χ3v) is 3.48. The Morgan fingerprint density at radius 1 is 1.26 bits per heavy atom. The van der Waals surface area contributed by atoms with E-state index < -0.39 is 0 Å². The summed E-state index contributed by atoms with van der Waals surface area (Å²) >= 11 is 3.43. The standard InChI is InChI=1S/C14H12BrN3O/c1-10-3-2-6-17(14(10)19)8-12-9-18-7-11(15)4-5-13(18)16-12/h2-7,9H,8H2,1H3. The molecule has 0 aliphatic rings. The van der Waals surface area contributed by atoms with Crippen molar-refractivity contribution in [1.29, 1.82) is 0 Å². The minimum Gasteiger partial charge on any atom is -0.309 e. The van der Waals surface area contributed by atoms with E-state index in [1.807, 2.05) is 48.0 Å². The van der Waals surface area contributed by atoms with Gasteiger partial charge in [-0.05, 0) is 41.1 Å². The van der Waals surface area contributed by atoms with E-state index in [0.717, 1.165) is 21.4 Å². The van der Waals surface area contributed by atoms with Crippen molar-refractivity contribution in [3.05, 3.63) is 68.9 Å². The van der Waals surface area contributed by atoms with Crippen molar-refractivity contribution in [1.82, 2.24) is 14.0 Å². The number of nitrogens with zero attached hydrogens (tertiary/aromatic N) is 3. The Labute approximate surface area is 118 Å². The number of fused-ring (bicyclic) bond motifs is 1. The highest BCUT2D eigenvalue weighted by atomic mass is 79.9. The van der Waals surface area contributed by atoms with E-state index in [2.05, 4.69) is 20.9 Å². The van der Waals surface area contributed by atoms with Crippen LogP contribution in [0.25, 0.3) is 5.65 Å². The molecule has 5 heteroatoms. The molecule has 0 aliphatic carbocycles. The SMILES string of the molecule is Cc1cccn(Cc2cn3cc(Br)ccc3n2)c1=O. The van der Waals surface area contributed by atoms with Crippen LogP contribution >= 0.6 is 15.9 Å². The second-order valence-electron chi connectivity index (χ2n) is 4.47. The number of rotatable bonds is 2. The maximum atomic E-state index is 12.0. The average Bonchev–Trinajstić information content (AvgIpc) is 2.76. The quantitative estimate of drug-likeness (QED) is 0.729. The Bertz CT molecular complexity index is 804. The molecule has 0 aromatic carbocycles. The molecule has 0 spiro atoms. The van der Waals surface area contributed by atoms with Gasteiger partial charge in [0.15, 0.2) is 0 Å². The zero-order chi connectivity index (χ0) is 13.4. The van der Waals surface area contributed by atoms with Gasteiger partial charge in [0, 0.05) is 28.6 Å². The number of aryl methyl sites for hydroxylation is 1. The summed E-state index contributed by atoms with van der Waals surface area (Å²) in [4.78, 5) is 16.5. The van der Waals surface area contributed by atoms with Gasteiger partial charge < -0.3 is 8.97 Å². The van der Waals surface area contributed by atoms with Gasteiger partial charge in [-0.1, -0.05) is 6.07 Å². The maximum absolute atomic E-state index is 12.0. The first kappa shape index (κ1) is 12.2. The summed E-state index contributed by atoms with van der Waals surface area (Å²) < 4.78 is 4.61. The largest absolute Gasteiger partial charge is 0.309 e. The third-order valence-electron chi connectivity index (χ3n) is 3.01. The number of halogens is 1. The first-order chi connectivity index (χ1) is 9.13. The van der Waals surface area contributed by atoms with Crippen LogP contribution in [0.2, 0.25) is 0 Å². The van der Waals surface area contributed by atoms with E-state index in [4.69, 9.17) is 0 Å². The summed E-state index contributed by atoms with van der Waals surface area (Å²) in [6, 6.07) is 7.58. The van der Waals surface area contributed by atoms with Gasteiger partial charge in [0.1, 0.15) is 5.65 Å². The molecule has 0 aliphatic heterocycles. The Hall–Kier alpha value is -1.88. The highest BCUT2D eigenvalue weighted by Crippen LogP contribution is 2.12. The summed E-state index contributed by atoms with van der Waals surface area (Å²) in [5, 5.41) is 0. The van der Waals surface area contributed by atoms with Crippen molar-refractivity contribution in [3.8, 4) is 0 Å². The van der Waals surface area contributed by atoms with Crippen LogP contribution in [0, 0.1) is 6.92 Å². The Morgan fingerprint density at radius 2 is 2.11 bits per heavy atom. The molecule has 0 saturated carbocycles. The molecule has 0 saturated heterocycles. The van der Waals surface area contributed by atoms with Gasteiger partial charge in [-0.25, -0.2) is 4.98 Å². The number of hydrogen-bond acceptors (Lipinski definition) is 2. The summed E-state index contributed by atoms with van der Waals surface area (Å²) in [6.07, 6.45) is 5.68. The second kappa shape index (κ2) is 4.66. The highest BCUT2D eigenvalue weighted by molar-refractivity contribution is 9.10. The molecule has 3 heterocycles. The molecular weight excluding hydrogens is 306 g/mol.